The summed E-state index contributed by atoms with van der Waals surface area (Å²) in [4.78, 5) is 24.5. The summed E-state index contributed by atoms with van der Waals surface area (Å²) in [6.45, 7) is 1.03. The first-order chi connectivity index (χ1) is 10.2. The van der Waals surface area contributed by atoms with Crippen LogP contribution in [0.5, 0.6) is 0 Å². The van der Waals surface area contributed by atoms with Crippen molar-refractivity contribution < 1.29 is 9.53 Å². The van der Waals surface area contributed by atoms with E-state index in [-0.39, 0.29) is 18.0 Å². The number of aromatic nitrogens is 2. The van der Waals surface area contributed by atoms with Gasteiger partial charge in [-0.25, -0.2) is 4.68 Å². The van der Waals surface area contributed by atoms with Crippen molar-refractivity contribution in [2.24, 2.45) is 0 Å². The lowest BCUT2D eigenvalue weighted by molar-refractivity contribution is -0.121. The van der Waals surface area contributed by atoms with Crippen molar-refractivity contribution in [2.75, 3.05) is 20.3 Å². The van der Waals surface area contributed by atoms with E-state index in [1.165, 1.54) is 22.1 Å². The highest BCUT2D eigenvalue weighted by Gasteiger charge is 2.08. The number of carbonyl (C=O) groups is 1. The molecule has 0 aliphatic rings. The molecule has 0 fully saturated rings. The second-order valence-corrected chi connectivity index (χ2v) is 5.34. The van der Waals surface area contributed by atoms with Crippen molar-refractivity contribution in [3.8, 4) is 10.6 Å². The van der Waals surface area contributed by atoms with Gasteiger partial charge in [0.25, 0.3) is 5.56 Å². The molecule has 0 aromatic carbocycles. The van der Waals surface area contributed by atoms with Gasteiger partial charge in [-0.2, -0.15) is 5.10 Å². The number of rotatable bonds is 7. The molecule has 0 aliphatic heterocycles. The molecule has 0 aliphatic carbocycles. The minimum atomic E-state index is -0.289. The fourth-order valence-electron chi connectivity index (χ4n) is 1.75. The molecule has 0 bridgehead atoms. The Morgan fingerprint density at radius 2 is 2.29 bits per heavy atom. The predicted octanol–water partition coefficient (Wildman–Crippen LogP) is 1.12. The van der Waals surface area contributed by atoms with Crippen molar-refractivity contribution in [3.05, 3.63) is 40.0 Å². The van der Waals surface area contributed by atoms with Crippen molar-refractivity contribution in [1.82, 2.24) is 15.1 Å². The Bertz CT molecular complexity index is 637. The van der Waals surface area contributed by atoms with E-state index in [0.29, 0.717) is 18.8 Å². The topological polar surface area (TPSA) is 73.2 Å². The van der Waals surface area contributed by atoms with E-state index in [4.69, 9.17) is 4.74 Å². The van der Waals surface area contributed by atoms with Crippen LogP contribution >= 0.6 is 11.3 Å². The number of ether oxygens (including phenoxy) is 1. The minimum Gasteiger partial charge on any atom is -0.385 e. The van der Waals surface area contributed by atoms with Crippen molar-refractivity contribution in [2.45, 2.75) is 13.0 Å². The quantitative estimate of drug-likeness (QED) is 0.778. The first kappa shape index (κ1) is 15.4. The van der Waals surface area contributed by atoms with Crippen LogP contribution in [0.25, 0.3) is 10.6 Å². The maximum absolute atomic E-state index is 11.8. The fourth-order valence-corrected chi connectivity index (χ4v) is 2.44. The van der Waals surface area contributed by atoms with E-state index in [2.05, 4.69) is 10.4 Å². The SMILES string of the molecule is COCCCNC(=O)Cn1nc(-c2cccs2)ccc1=O. The van der Waals surface area contributed by atoms with Gasteiger partial charge in [-0.1, -0.05) is 6.07 Å². The number of hydrogen-bond acceptors (Lipinski definition) is 5. The van der Waals surface area contributed by atoms with E-state index >= 15 is 0 Å². The molecule has 2 aromatic heterocycles. The lowest BCUT2D eigenvalue weighted by Gasteiger charge is -2.07. The molecule has 2 rings (SSSR count). The van der Waals surface area contributed by atoms with E-state index in [9.17, 15) is 9.59 Å². The van der Waals surface area contributed by atoms with Crippen molar-refractivity contribution in [1.29, 1.82) is 0 Å². The van der Waals surface area contributed by atoms with Crippen LogP contribution in [0.4, 0.5) is 0 Å². The molecule has 0 spiro atoms. The summed E-state index contributed by atoms with van der Waals surface area (Å²) in [5.74, 6) is -0.232. The zero-order valence-corrected chi connectivity index (χ0v) is 12.6. The number of carbonyl (C=O) groups excluding carboxylic acids is 1. The van der Waals surface area contributed by atoms with E-state index in [0.717, 1.165) is 11.3 Å². The number of methoxy groups -OCH3 is 1. The van der Waals surface area contributed by atoms with E-state index in [1.54, 1.807) is 13.2 Å². The fraction of sp³-hybridized carbons (Fsp3) is 0.357. The molecule has 6 nitrogen and oxygen atoms in total. The van der Waals surface area contributed by atoms with E-state index < -0.39 is 0 Å². The largest absolute Gasteiger partial charge is 0.385 e. The molecular weight excluding hydrogens is 290 g/mol. The number of hydrogen-bond donors (Lipinski definition) is 1. The molecule has 7 heteroatoms. The number of nitrogens with one attached hydrogen (secondary N) is 1. The standard InChI is InChI=1S/C14H17N3O3S/c1-20-8-3-7-15-13(18)10-17-14(19)6-5-11(16-17)12-4-2-9-21-12/h2,4-6,9H,3,7-8,10H2,1H3,(H,15,18). The molecule has 2 heterocycles. The van der Waals surface area contributed by atoms with Gasteiger partial charge in [0.05, 0.1) is 4.88 Å². The average molecular weight is 307 g/mol. The van der Waals surface area contributed by atoms with Gasteiger partial charge in [-0.15, -0.1) is 11.3 Å². The number of thiophene rings is 1. The van der Waals surface area contributed by atoms with Crippen LogP contribution in [0, 0.1) is 0 Å². The minimum absolute atomic E-state index is 0.0783. The Morgan fingerprint density at radius 3 is 3.00 bits per heavy atom. The summed E-state index contributed by atoms with van der Waals surface area (Å²) >= 11 is 1.54. The van der Waals surface area contributed by atoms with Gasteiger partial charge in [0.1, 0.15) is 12.2 Å². The Kier molecular flexibility index (Phi) is 5.65. The van der Waals surface area contributed by atoms with Gasteiger partial charge < -0.3 is 10.1 Å². The van der Waals surface area contributed by atoms with Crippen molar-refractivity contribution in [3.63, 3.8) is 0 Å². The molecule has 2 aromatic rings. The third-order valence-corrected chi connectivity index (χ3v) is 3.67. The smallest absolute Gasteiger partial charge is 0.267 e. The van der Waals surface area contributed by atoms with Crippen LogP contribution in [-0.2, 0) is 16.1 Å². The average Bonchev–Trinajstić information content (AvgIpc) is 3.00. The normalized spacial score (nSPS) is 10.5. The maximum Gasteiger partial charge on any atom is 0.267 e. The molecule has 1 N–H and O–H groups in total. The number of amides is 1. The Morgan fingerprint density at radius 1 is 1.43 bits per heavy atom. The lowest BCUT2D eigenvalue weighted by Crippen LogP contribution is -2.34. The zero-order valence-electron chi connectivity index (χ0n) is 11.7. The van der Waals surface area contributed by atoms with Gasteiger partial charge in [0.2, 0.25) is 5.91 Å². The molecule has 0 radical (unpaired) electrons. The Labute approximate surface area is 126 Å². The number of nitrogens with zero attached hydrogens (tertiary/aromatic N) is 2. The van der Waals surface area contributed by atoms with Crippen LogP contribution in [-0.4, -0.2) is 35.9 Å². The van der Waals surface area contributed by atoms with Crippen LogP contribution in [0.15, 0.2) is 34.4 Å². The molecule has 0 atom stereocenters. The Hall–Kier alpha value is -1.99. The highest BCUT2D eigenvalue weighted by atomic mass is 32.1. The van der Waals surface area contributed by atoms with Crippen LogP contribution in [0.3, 0.4) is 0 Å². The lowest BCUT2D eigenvalue weighted by atomic mass is 10.3. The summed E-state index contributed by atoms with van der Waals surface area (Å²) in [7, 11) is 1.61. The highest BCUT2D eigenvalue weighted by Crippen LogP contribution is 2.20. The molecule has 112 valence electrons. The predicted molar refractivity (Wildman–Crippen MR) is 81.3 cm³/mol. The second kappa shape index (κ2) is 7.70. The summed E-state index contributed by atoms with van der Waals surface area (Å²) in [5, 5.41) is 8.90. The summed E-state index contributed by atoms with van der Waals surface area (Å²) < 4.78 is 6.08. The first-order valence-corrected chi connectivity index (χ1v) is 7.46. The molecule has 21 heavy (non-hydrogen) atoms. The van der Waals surface area contributed by atoms with Gasteiger partial charge in [0, 0.05) is 26.3 Å². The molecule has 0 saturated heterocycles. The summed E-state index contributed by atoms with van der Waals surface area (Å²) in [5.41, 5.74) is 0.402. The van der Waals surface area contributed by atoms with Gasteiger partial charge in [-0.05, 0) is 23.9 Å². The van der Waals surface area contributed by atoms with Gasteiger partial charge in [-0.3, -0.25) is 9.59 Å². The second-order valence-electron chi connectivity index (χ2n) is 4.39. The third kappa shape index (κ3) is 4.51. The van der Waals surface area contributed by atoms with E-state index in [1.807, 2.05) is 17.5 Å². The summed E-state index contributed by atoms with van der Waals surface area (Å²) in [6.07, 6.45) is 0.736. The monoisotopic (exact) mass is 307 g/mol. The van der Waals surface area contributed by atoms with Gasteiger partial charge >= 0.3 is 0 Å². The third-order valence-electron chi connectivity index (χ3n) is 2.78. The van der Waals surface area contributed by atoms with Crippen molar-refractivity contribution >= 4 is 17.2 Å². The Balaban J connectivity index is 2.01. The maximum atomic E-state index is 11.8. The molecule has 0 saturated carbocycles. The van der Waals surface area contributed by atoms with Crippen LogP contribution in [0.2, 0.25) is 0 Å². The highest BCUT2D eigenvalue weighted by molar-refractivity contribution is 7.13. The van der Waals surface area contributed by atoms with Gasteiger partial charge in [0.15, 0.2) is 0 Å². The molecule has 0 unspecified atom stereocenters. The van der Waals surface area contributed by atoms with Crippen LogP contribution < -0.4 is 10.9 Å². The molecular formula is C14H17N3O3S. The summed E-state index contributed by atoms with van der Waals surface area (Å²) in [6, 6.07) is 6.94. The van der Waals surface area contributed by atoms with Crippen LogP contribution in [0.1, 0.15) is 6.42 Å². The zero-order chi connectivity index (χ0) is 15.1. The first-order valence-electron chi connectivity index (χ1n) is 6.58. The molecule has 1 amide bonds.